The van der Waals surface area contributed by atoms with Crippen molar-refractivity contribution in [2.45, 2.75) is 18.9 Å². The first-order chi connectivity index (χ1) is 13.2. The van der Waals surface area contributed by atoms with Crippen molar-refractivity contribution in [1.29, 1.82) is 0 Å². The van der Waals surface area contributed by atoms with Crippen LogP contribution in [-0.4, -0.2) is 10.4 Å². The molecule has 0 radical (unpaired) electrons. The van der Waals surface area contributed by atoms with E-state index in [2.05, 4.69) is 41.4 Å². The molecule has 1 aliphatic carbocycles. The lowest BCUT2D eigenvalue weighted by atomic mass is 9.87. The van der Waals surface area contributed by atoms with E-state index in [1.165, 1.54) is 0 Å². The van der Waals surface area contributed by atoms with Gasteiger partial charge in [-0.25, -0.2) is 0 Å². The van der Waals surface area contributed by atoms with E-state index >= 15 is 0 Å². The summed E-state index contributed by atoms with van der Waals surface area (Å²) in [5.74, 6) is 0.144. The molecule has 4 aromatic rings. The number of halogens is 1. The number of aryl methyl sites for hydroxylation is 1. The number of fused-ring (bicyclic) bond motifs is 2. The molecule has 4 heteroatoms. The molecule has 1 aliphatic rings. The Labute approximate surface area is 162 Å². The van der Waals surface area contributed by atoms with Gasteiger partial charge < -0.3 is 4.57 Å². The van der Waals surface area contributed by atoms with E-state index in [1.54, 1.807) is 6.07 Å². The molecule has 0 N–H and O–H groups in total. The molecule has 0 spiro atoms. The van der Waals surface area contributed by atoms with E-state index in [-0.39, 0.29) is 11.8 Å². The van der Waals surface area contributed by atoms with Crippen molar-refractivity contribution < 1.29 is 9.36 Å². The van der Waals surface area contributed by atoms with Crippen LogP contribution in [0.2, 0.25) is 5.02 Å². The van der Waals surface area contributed by atoms with Crippen molar-refractivity contribution in [3.63, 3.8) is 0 Å². The van der Waals surface area contributed by atoms with Gasteiger partial charge in [-0.2, -0.15) is 4.57 Å². The Morgan fingerprint density at radius 1 is 1.00 bits per heavy atom. The number of Topliss-reactive ketones (excluding diaryl/α,β-unsaturated/α-hetero) is 1. The third kappa shape index (κ3) is 2.84. The quantitative estimate of drug-likeness (QED) is 0.457. The van der Waals surface area contributed by atoms with Crippen molar-refractivity contribution in [2.24, 2.45) is 0 Å². The van der Waals surface area contributed by atoms with Crippen LogP contribution in [0.15, 0.2) is 79.4 Å². The number of rotatable bonds is 2. The van der Waals surface area contributed by atoms with Crippen molar-refractivity contribution in [3.8, 4) is 5.69 Å². The average molecular weight is 374 g/mol. The highest BCUT2D eigenvalue weighted by atomic mass is 35.5. The zero-order valence-corrected chi connectivity index (χ0v) is 15.4. The molecule has 1 unspecified atom stereocenters. The van der Waals surface area contributed by atoms with E-state index in [4.69, 9.17) is 11.6 Å². The van der Waals surface area contributed by atoms with Crippen molar-refractivity contribution >= 4 is 28.2 Å². The largest absolute Gasteiger partial charge is 0.322 e. The smallest absolute Gasteiger partial charge is 0.230 e. The second-order valence-electron chi connectivity index (χ2n) is 7.02. The number of pyridine rings is 1. The van der Waals surface area contributed by atoms with Gasteiger partial charge in [-0.15, -0.1) is 0 Å². The molecule has 0 saturated carbocycles. The Morgan fingerprint density at radius 3 is 2.67 bits per heavy atom. The number of carbonyl (C=O) groups is 1. The molecule has 2 heterocycles. The third-order valence-corrected chi connectivity index (χ3v) is 5.58. The van der Waals surface area contributed by atoms with Crippen LogP contribution in [0.4, 0.5) is 0 Å². The van der Waals surface area contributed by atoms with Gasteiger partial charge in [0.15, 0.2) is 12.4 Å². The number of benzene rings is 2. The maximum absolute atomic E-state index is 13.0. The van der Waals surface area contributed by atoms with Crippen LogP contribution >= 0.6 is 11.6 Å². The van der Waals surface area contributed by atoms with Gasteiger partial charge in [0, 0.05) is 46.5 Å². The van der Waals surface area contributed by atoms with E-state index < -0.39 is 0 Å². The molecule has 0 aliphatic heterocycles. The molecule has 0 saturated heterocycles. The highest BCUT2D eigenvalue weighted by Gasteiger charge is 2.34. The van der Waals surface area contributed by atoms with E-state index in [1.807, 2.05) is 41.1 Å². The van der Waals surface area contributed by atoms with Crippen LogP contribution in [0, 0.1) is 0 Å². The van der Waals surface area contributed by atoms with Crippen molar-refractivity contribution in [3.05, 3.63) is 95.5 Å². The Morgan fingerprint density at radius 2 is 1.81 bits per heavy atom. The fourth-order valence-corrected chi connectivity index (χ4v) is 4.10. The second-order valence-corrected chi connectivity index (χ2v) is 7.46. The van der Waals surface area contributed by atoms with Crippen LogP contribution in [0.3, 0.4) is 0 Å². The van der Waals surface area contributed by atoms with Crippen LogP contribution < -0.4 is 4.57 Å². The molecule has 132 valence electrons. The molecule has 3 nitrogen and oxygen atoms in total. The average Bonchev–Trinajstić information content (AvgIpc) is 3.13. The van der Waals surface area contributed by atoms with Gasteiger partial charge in [0.2, 0.25) is 11.8 Å². The Kier molecular flexibility index (Phi) is 3.83. The molecule has 5 rings (SSSR count). The van der Waals surface area contributed by atoms with Gasteiger partial charge in [0.25, 0.3) is 0 Å². The minimum Gasteiger partial charge on any atom is -0.322 e. The maximum Gasteiger partial charge on any atom is 0.230 e. The number of aromatic nitrogens is 2. The summed E-state index contributed by atoms with van der Waals surface area (Å²) < 4.78 is 4.16. The first-order valence-corrected chi connectivity index (χ1v) is 9.47. The highest BCUT2D eigenvalue weighted by molar-refractivity contribution is 6.31. The van der Waals surface area contributed by atoms with Crippen LogP contribution in [0.1, 0.15) is 28.4 Å². The first-order valence-electron chi connectivity index (χ1n) is 9.09. The van der Waals surface area contributed by atoms with Gasteiger partial charge in [-0.1, -0.05) is 35.9 Å². The minimum atomic E-state index is -0.180. The number of ketones is 1. The topological polar surface area (TPSA) is 25.9 Å². The monoisotopic (exact) mass is 373 g/mol. The number of para-hydroxylation sites is 1. The molecule has 27 heavy (non-hydrogen) atoms. The predicted molar refractivity (Wildman–Crippen MR) is 107 cm³/mol. The van der Waals surface area contributed by atoms with E-state index in [0.29, 0.717) is 5.02 Å². The summed E-state index contributed by atoms with van der Waals surface area (Å²) in [5, 5.41) is 2.89. The SMILES string of the molecule is O=C1c2cc(Cl)ccc2CCC1[n+]1ccc2cn(-c3ccccc3)cc2c1. The molecule has 1 atom stereocenters. The number of carbonyl (C=O) groups excluding carboxylic acids is 1. The van der Waals surface area contributed by atoms with E-state index in [0.717, 1.165) is 40.4 Å². The Balaban J connectivity index is 1.53. The lowest BCUT2D eigenvalue weighted by Crippen LogP contribution is -2.45. The zero-order chi connectivity index (χ0) is 18.4. The molecular weight excluding hydrogens is 356 g/mol. The lowest BCUT2D eigenvalue weighted by molar-refractivity contribution is -0.707. The normalized spacial score (nSPS) is 16.5. The standard InChI is InChI=1S/C23H18ClN2O/c24-19-8-6-16-7-9-22(23(27)21(16)12-19)25-11-10-17-13-26(15-18(17)14-25)20-4-2-1-3-5-20/h1-6,8,10-15,22H,7,9H2/q+1. The number of hydrogen-bond acceptors (Lipinski definition) is 1. The zero-order valence-electron chi connectivity index (χ0n) is 14.7. The van der Waals surface area contributed by atoms with Gasteiger partial charge in [-0.3, -0.25) is 4.79 Å². The summed E-state index contributed by atoms with van der Waals surface area (Å²) in [6.45, 7) is 0. The molecular formula is C23H18ClN2O+. The van der Waals surface area contributed by atoms with Gasteiger partial charge >= 0.3 is 0 Å². The lowest BCUT2D eigenvalue weighted by Gasteiger charge is -2.19. The number of nitrogens with zero attached hydrogens (tertiary/aromatic N) is 2. The fraction of sp³-hybridized carbons (Fsp3) is 0.130. The Bertz CT molecular complexity index is 1160. The summed E-state index contributed by atoms with van der Waals surface area (Å²) in [4.78, 5) is 13.0. The first kappa shape index (κ1) is 16.3. The molecule has 0 amide bonds. The second kappa shape index (κ2) is 6.36. The summed E-state index contributed by atoms with van der Waals surface area (Å²) in [7, 11) is 0. The van der Waals surface area contributed by atoms with Gasteiger partial charge in [0.1, 0.15) is 0 Å². The maximum atomic E-state index is 13.0. The molecule has 2 aromatic carbocycles. The summed E-state index contributed by atoms with van der Waals surface area (Å²) >= 11 is 6.11. The third-order valence-electron chi connectivity index (χ3n) is 5.35. The van der Waals surface area contributed by atoms with Crippen molar-refractivity contribution in [1.82, 2.24) is 4.57 Å². The Hall–Kier alpha value is -2.91. The van der Waals surface area contributed by atoms with Crippen LogP contribution in [0.25, 0.3) is 16.5 Å². The predicted octanol–water partition coefficient (Wildman–Crippen LogP) is 4.94. The van der Waals surface area contributed by atoms with Crippen molar-refractivity contribution in [2.75, 3.05) is 0 Å². The fourth-order valence-electron chi connectivity index (χ4n) is 3.93. The summed E-state index contributed by atoms with van der Waals surface area (Å²) in [6.07, 6.45) is 10.0. The van der Waals surface area contributed by atoms with Crippen LogP contribution in [0.5, 0.6) is 0 Å². The minimum absolute atomic E-state index is 0.144. The highest BCUT2D eigenvalue weighted by Crippen LogP contribution is 2.28. The summed E-state index contributed by atoms with van der Waals surface area (Å²) in [5.41, 5.74) is 2.98. The van der Waals surface area contributed by atoms with E-state index in [9.17, 15) is 4.79 Å². The molecule has 2 aromatic heterocycles. The number of hydrogen-bond donors (Lipinski definition) is 0. The molecule has 0 bridgehead atoms. The van der Waals surface area contributed by atoms with Gasteiger partial charge in [-0.05, 0) is 36.2 Å². The van der Waals surface area contributed by atoms with Crippen LogP contribution in [-0.2, 0) is 6.42 Å². The molecule has 0 fully saturated rings. The summed E-state index contributed by atoms with van der Waals surface area (Å²) in [6, 6.07) is 17.8. The van der Waals surface area contributed by atoms with Gasteiger partial charge in [0.05, 0.1) is 5.39 Å².